The number of anilines is 1. The number of imide groups is 1. The molecule has 7 nitrogen and oxygen atoms in total. The molecule has 0 unspecified atom stereocenters. The number of amides is 3. The van der Waals surface area contributed by atoms with Crippen molar-refractivity contribution in [2.45, 2.75) is 13.0 Å². The van der Waals surface area contributed by atoms with Crippen LogP contribution in [0, 0.1) is 29.5 Å². The lowest BCUT2D eigenvalue weighted by atomic mass is 9.85. The van der Waals surface area contributed by atoms with E-state index in [0.29, 0.717) is 11.3 Å². The van der Waals surface area contributed by atoms with Gasteiger partial charge in [-0.25, -0.2) is 4.39 Å². The minimum Gasteiger partial charge on any atom is -0.337 e. The van der Waals surface area contributed by atoms with Crippen molar-refractivity contribution >= 4 is 40.5 Å². The van der Waals surface area contributed by atoms with E-state index in [4.69, 9.17) is 0 Å². The van der Waals surface area contributed by atoms with Gasteiger partial charge >= 0.3 is 0 Å². The number of rotatable bonds is 5. The maximum absolute atomic E-state index is 13.4. The van der Waals surface area contributed by atoms with Gasteiger partial charge in [-0.15, -0.1) is 0 Å². The number of nitrogens with zero attached hydrogens (tertiary/aromatic N) is 3. The highest BCUT2D eigenvalue weighted by atomic mass is 19.1. The van der Waals surface area contributed by atoms with Crippen molar-refractivity contribution < 1.29 is 18.8 Å². The summed E-state index contributed by atoms with van der Waals surface area (Å²) in [7, 11) is 0. The molecule has 3 amide bonds. The Hall–Kier alpha value is -4.07. The SMILES string of the molecule is O=C(Cn1cc(C=NN2C(=O)[C@@H]3[C@H](C2=O)[C@H]2C=C[C@H]3C2)c2ccccc21)Nc1cccc(F)c1. The van der Waals surface area contributed by atoms with E-state index in [9.17, 15) is 18.8 Å². The van der Waals surface area contributed by atoms with Gasteiger partial charge in [-0.2, -0.15) is 10.1 Å². The van der Waals surface area contributed by atoms with Crippen LogP contribution in [0.5, 0.6) is 0 Å². The molecule has 1 N–H and O–H groups in total. The first-order valence-corrected chi connectivity index (χ1v) is 11.2. The molecule has 3 aliphatic rings. The van der Waals surface area contributed by atoms with E-state index in [2.05, 4.69) is 10.4 Å². The van der Waals surface area contributed by atoms with Crippen LogP contribution in [0.1, 0.15) is 12.0 Å². The average molecular weight is 456 g/mol. The van der Waals surface area contributed by atoms with Gasteiger partial charge in [-0.05, 0) is 42.5 Å². The number of hydrazone groups is 1. The Morgan fingerprint density at radius 1 is 1.06 bits per heavy atom. The standard InChI is InChI=1S/C26H21FN4O3/c27-18-4-3-5-19(11-18)29-22(32)14-30-13-17(20-6-1-2-7-21(20)30)12-28-31-25(33)23-15-8-9-16(10-15)24(23)26(31)34/h1-9,11-13,15-16,23-24H,10,14H2,(H,29,32)/t15-,16-,23-,24+/m0/s1. The van der Waals surface area contributed by atoms with Crippen molar-refractivity contribution in [1.29, 1.82) is 0 Å². The summed E-state index contributed by atoms with van der Waals surface area (Å²) in [5.74, 6) is -1.55. The summed E-state index contributed by atoms with van der Waals surface area (Å²) >= 11 is 0. The lowest BCUT2D eigenvalue weighted by molar-refractivity contribution is -0.140. The molecule has 2 bridgehead atoms. The molecule has 0 spiro atoms. The van der Waals surface area contributed by atoms with Crippen LogP contribution in [0.4, 0.5) is 10.1 Å². The van der Waals surface area contributed by atoms with E-state index in [-0.39, 0.29) is 47.9 Å². The van der Waals surface area contributed by atoms with Gasteiger partial charge in [0.2, 0.25) is 5.91 Å². The fraction of sp³-hybridized carbons (Fsp3) is 0.231. The number of halogens is 1. The summed E-state index contributed by atoms with van der Waals surface area (Å²) in [6, 6.07) is 13.2. The van der Waals surface area contributed by atoms with E-state index in [1.807, 2.05) is 36.4 Å². The van der Waals surface area contributed by atoms with Crippen molar-refractivity contribution in [3.63, 3.8) is 0 Å². The summed E-state index contributed by atoms with van der Waals surface area (Å²) in [4.78, 5) is 38.4. The summed E-state index contributed by atoms with van der Waals surface area (Å²) in [6.07, 6.45) is 8.24. The number of allylic oxidation sites excluding steroid dienone is 2. The third-order valence-corrected chi connectivity index (χ3v) is 7.00. The zero-order chi connectivity index (χ0) is 23.4. The van der Waals surface area contributed by atoms with E-state index in [1.54, 1.807) is 16.8 Å². The third-order valence-electron chi connectivity index (χ3n) is 7.00. The number of hydrogen-bond donors (Lipinski definition) is 1. The van der Waals surface area contributed by atoms with Gasteiger partial charge in [0.05, 0.1) is 18.1 Å². The number of nitrogens with one attached hydrogen (secondary N) is 1. The Kier molecular flexibility index (Phi) is 4.69. The van der Waals surface area contributed by atoms with Crippen LogP contribution in [-0.2, 0) is 20.9 Å². The molecule has 8 heteroatoms. The van der Waals surface area contributed by atoms with Gasteiger partial charge in [0.25, 0.3) is 11.8 Å². The first-order valence-electron chi connectivity index (χ1n) is 11.2. The number of benzene rings is 2. The molecular weight excluding hydrogens is 435 g/mol. The maximum atomic E-state index is 13.4. The number of para-hydroxylation sites is 1. The Bertz CT molecular complexity index is 1380. The van der Waals surface area contributed by atoms with Crippen molar-refractivity contribution in [3.8, 4) is 0 Å². The molecule has 170 valence electrons. The molecule has 4 atom stereocenters. The lowest BCUT2D eigenvalue weighted by Crippen LogP contribution is -2.28. The molecule has 2 heterocycles. The van der Waals surface area contributed by atoms with Crippen LogP contribution in [0.2, 0.25) is 0 Å². The minimum atomic E-state index is -0.429. The monoisotopic (exact) mass is 456 g/mol. The van der Waals surface area contributed by atoms with E-state index in [0.717, 1.165) is 22.3 Å². The second-order valence-electron chi connectivity index (χ2n) is 9.02. The maximum Gasteiger partial charge on any atom is 0.254 e. The zero-order valence-corrected chi connectivity index (χ0v) is 18.1. The molecule has 1 saturated carbocycles. The fourth-order valence-electron chi connectivity index (χ4n) is 5.55. The summed E-state index contributed by atoms with van der Waals surface area (Å²) in [5, 5.41) is 8.83. The molecule has 2 aromatic carbocycles. The zero-order valence-electron chi connectivity index (χ0n) is 18.1. The van der Waals surface area contributed by atoms with Gasteiger partial charge in [0.1, 0.15) is 12.4 Å². The second kappa shape index (κ2) is 7.76. The Labute approximate surface area is 194 Å². The third kappa shape index (κ3) is 3.25. The molecule has 0 radical (unpaired) electrons. The van der Waals surface area contributed by atoms with Crippen molar-refractivity contribution in [1.82, 2.24) is 9.58 Å². The quantitative estimate of drug-likeness (QED) is 0.362. The highest BCUT2D eigenvalue weighted by Gasteiger charge is 2.59. The molecule has 1 aliphatic heterocycles. The second-order valence-corrected chi connectivity index (χ2v) is 9.02. The van der Waals surface area contributed by atoms with Gasteiger partial charge in [0.15, 0.2) is 0 Å². The van der Waals surface area contributed by atoms with Crippen molar-refractivity contribution in [2.24, 2.45) is 28.8 Å². The van der Waals surface area contributed by atoms with Crippen LogP contribution in [0.15, 0.2) is 72.0 Å². The molecule has 1 saturated heterocycles. The molecule has 6 rings (SSSR count). The van der Waals surface area contributed by atoms with Crippen molar-refractivity contribution in [3.05, 3.63) is 78.3 Å². The highest BCUT2D eigenvalue weighted by Crippen LogP contribution is 2.52. The smallest absolute Gasteiger partial charge is 0.254 e. The first kappa shape index (κ1) is 20.5. The minimum absolute atomic E-state index is 0.00558. The van der Waals surface area contributed by atoms with E-state index >= 15 is 0 Å². The lowest BCUT2D eigenvalue weighted by Gasteiger charge is -2.13. The van der Waals surface area contributed by atoms with Gasteiger partial charge in [-0.3, -0.25) is 14.4 Å². The number of hydrogen-bond acceptors (Lipinski definition) is 4. The summed E-state index contributed by atoms with van der Waals surface area (Å²) in [6.45, 7) is 0.00558. The van der Waals surface area contributed by atoms with Crippen molar-refractivity contribution in [2.75, 3.05) is 5.32 Å². The predicted molar refractivity (Wildman–Crippen MR) is 124 cm³/mol. The Balaban J connectivity index is 1.24. The Morgan fingerprint density at radius 3 is 2.53 bits per heavy atom. The Morgan fingerprint density at radius 2 is 1.79 bits per heavy atom. The molecule has 34 heavy (non-hydrogen) atoms. The molecule has 2 aliphatic carbocycles. The number of fused-ring (bicyclic) bond motifs is 6. The largest absolute Gasteiger partial charge is 0.337 e. The fourth-order valence-corrected chi connectivity index (χ4v) is 5.55. The summed E-state index contributed by atoms with van der Waals surface area (Å²) in [5.41, 5.74) is 1.87. The molecular formula is C26H21FN4O3. The highest BCUT2D eigenvalue weighted by molar-refractivity contribution is 6.08. The van der Waals surface area contributed by atoms with Gasteiger partial charge in [-0.1, -0.05) is 36.4 Å². The number of aromatic nitrogens is 1. The normalized spacial score (nSPS) is 25.1. The summed E-state index contributed by atoms with van der Waals surface area (Å²) < 4.78 is 15.2. The van der Waals surface area contributed by atoms with Crippen LogP contribution in [0.25, 0.3) is 10.9 Å². The number of carbonyl (C=O) groups excluding carboxylic acids is 3. The van der Waals surface area contributed by atoms with Crippen LogP contribution in [0.3, 0.4) is 0 Å². The van der Waals surface area contributed by atoms with Crippen LogP contribution in [-0.4, -0.2) is 33.5 Å². The number of carbonyl (C=O) groups is 3. The average Bonchev–Trinajstić information content (AvgIpc) is 3.57. The predicted octanol–water partition coefficient (Wildman–Crippen LogP) is 3.56. The van der Waals surface area contributed by atoms with Gasteiger partial charge in [0, 0.05) is 28.4 Å². The topological polar surface area (TPSA) is 83.8 Å². The van der Waals surface area contributed by atoms with Crippen LogP contribution < -0.4 is 5.32 Å². The molecule has 1 aromatic heterocycles. The van der Waals surface area contributed by atoms with E-state index in [1.165, 1.54) is 24.4 Å². The van der Waals surface area contributed by atoms with E-state index < -0.39 is 5.82 Å². The first-order chi connectivity index (χ1) is 16.5. The molecule has 2 fully saturated rings. The molecule has 3 aromatic rings. The van der Waals surface area contributed by atoms with Crippen LogP contribution >= 0.6 is 0 Å². The van der Waals surface area contributed by atoms with Gasteiger partial charge < -0.3 is 9.88 Å².